The zero-order valence-corrected chi connectivity index (χ0v) is 15.8. The molecule has 0 unspecified atom stereocenters. The van der Waals surface area contributed by atoms with Gasteiger partial charge in [-0.3, -0.25) is 9.59 Å². The van der Waals surface area contributed by atoms with Crippen LogP contribution in [0.25, 0.3) is 0 Å². The third kappa shape index (κ3) is 3.96. The number of nitrogens with zero attached hydrogens (tertiary/aromatic N) is 2. The van der Waals surface area contributed by atoms with Crippen molar-refractivity contribution in [3.63, 3.8) is 0 Å². The molecule has 1 aliphatic rings. The second-order valence-electron chi connectivity index (χ2n) is 7.10. The van der Waals surface area contributed by atoms with Crippen molar-refractivity contribution in [2.24, 2.45) is 0 Å². The summed E-state index contributed by atoms with van der Waals surface area (Å²) in [5, 5.41) is 0. The minimum Gasteiger partial charge on any atom is -0.337 e. The molecule has 4 heteroatoms. The molecule has 1 fully saturated rings. The van der Waals surface area contributed by atoms with E-state index in [1.54, 1.807) is 0 Å². The minimum atomic E-state index is 0.0467. The van der Waals surface area contributed by atoms with Gasteiger partial charge in [0.05, 0.1) is 0 Å². The molecule has 0 atom stereocenters. The molecule has 4 nitrogen and oxygen atoms in total. The maximum atomic E-state index is 12.8. The topological polar surface area (TPSA) is 40.6 Å². The van der Waals surface area contributed by atoms with Gasteiger partial charge in [0, 0.05) is 37.3 Å². The van der Waals surface area contributed by atoms with E-state index in [1.807, 2.05) is 73.0 Å². The van der Waals surface area contributed by atoms with Crippen LogP contribution < -0.4 is 0 Å². The fourth-order valence-electron chi connectivity index (χ4n) is 3.26. The first-order chi connectivity index (χ1) is 12.5. The van der Waals surface area contributed by atoms with E-state index in [-0.39, 0.29) is 11.8 Å². The summed E-state index contributed by atoms with van der Waals surface area (Å²) >= 11 is 0. The predicted molar refractivity (Wildman–Crippen MR) is 104 cm³/mol. The number of carbonyl (C=O) groups is 2. The van der Waals surface area contributed by atoms with Crippen molar-refractivity contribution < 1.29 is 9.59 Å². The highest BCUT2D eigenvalue weighted by atomic mass is 16.2. The van der Waals surface area contributed by atoms with Gasteiger partial charge in [-0.05, 0) is 62.6 Å². The van der Waals surface area contributed by atoms with E-state index in [1.165, 1.54) is 5.56 Å². The SMILES string of the molecule is Cc1ccc(C(=O)N2CCCN(C(=O)c3ccc(C)c(C)c3)CC2)cc1. The van der Waals surface area contributed by atoms with E-state index >= 15 is 0 Å². The molecule has 3 rings (SSSR count). The summed E-state index contributed by atoms with van der Waals surface area (Å²) in [7, 11) is 0. The second kappa shape index (κ2) is 7.73. The Morgan fingerprint density at radius 2 is 1.23 bits per heavy atom. The zero-order valence-electron chi connectivity index (χ0n) is 15.8. The summed E-state index contributed by atoms with van der Waals surface area (Å²) in [6.45, 7) is 8.59. The first-order valence-electron chi connectivity index (χ1n) is 9.18. The number of hydrogen-bond donors (Lipinski definition) is 0. The van der Waals surface area contributed by atoms with E-state index in [0.29, 0.717) is 31.7 Å². The summed E-state index contributed by atoms with van der Waals surface area (Å²) in [4.78, 5) is 29.3. The molecule has 136 valence electrons. The van der Waals surface area contributed by atoms with Gasteiger partial charge in [-0.15, -0.1) is 0 Å². The van der Waals surface area contributed by atoms with Gasteiger partial charge >= 0.3 is 0 Å². The van der Waals surface area contributed by atoms with Crippen molar-refractivity contribution in [2.45, 2.75) is 27.2 Å². The number of hydrogen-bond acceptors (Lipinski definition) is 2. The molecule has 1 saturated heterocycles. The summed E-state index contributed by atoms with van der Waals surface area (Å²) < 4.78 is 0. The Morgan fingerprint density at radius 3 is 1.81 bits per heavy atom. The molecule has 1 heterocycles. The molecule has 1 aliphatic heterocycles. The first-order valence-corrected chi connectivity index (χ1v) is 9.18. The van der Waals surface area contributed by atoms with Crippen LogP contribution in [0.5, 0.6) is 0 Å². The van der Waals surface area contributed by atoms with Crippen LogP contribution in [-0.2, 0) is 0 Å². The Hall–Kier alpha value is -2.62. The van der Waals surface area contributed by atoms with Gasteiger partial charge in [0.1, 0.15) is 0 Å². The van der Waals surface area contributed by atoms with E-state index in [4.69, 9.17) is 0 Å². The average Bonchev–Trinajstić information content (AvgIpc) is 2.89. The maximum absolute atomic E-state index is 12.8. The maximum Gasteiger partial charge on any atom is 0.253 e. The Bertz CT molecular complexity index is 811. The normalized spacial score (nSPS) is 14.9. The summed E-state index contributed by atoms with van der Waals surface area (Å²) in [5.74, 6) is 0.100. The molecular weight excluding hydrogens is 324 g/mol. The Balaban J connectivity index is 1.67. The molecule has 0 radical (unpaired) electrons. The van der Waals surface area contributed by atoms with Crippen LogP contribution in [0.2, 0.25) is 0 Å². The lowest BCUT2D eigenvalue weighted by Crippen LogP contribution is -2.37. The van der Waals surface area contributed by atoms with Crippen molar-refractivity contribution in [3.05, 3.63) is 70.3 Å². The summed E-state index contributed by atoms with van der Waals surface area (Å²) in [6, 6.07) is 13.5. The third-order valence-electron chi connectivity index (χ3n) is 5.12. The lowest BCUT2D eigenvalue weighted by Gasteiger charge is -2.22. The van der Waals surface area contributed by atoms with E-state index < -0.39 is 0 Å². The standard InChI is InChI=1S/C22H26N2O2/c1-16-5-8-19(9-6-16)21(25)23-11-4-12-24(14-13-23)22(26)20-10-7-17(2)18(3)15-20/h5-10,15H,4,11-14H2,1-3H3. The van der Waals surface area contributed by atoms with E-state index in [9.17, 15) is 9.59 Å². The van der Waals surface area contributed by atoms with Gasteiger partial charge in [-0.1, -0.05) is 23.8 Å². The van der Waals surface area contributed by atoms with Crippen LogP contribution in [0.1, 0.15) is 43.8 Å². The number of aryl methyl sites for hydroxylation is 3. The van der Waals surface area contributed by atoms with Gasteiger partial charge < -0.3 is 9.80 Å². The molecule has 0 bridgehead atoms. The number of benzene rings is 2. The van der Waals surface area contributed by atoms with Crippen LogP contribution in [0.4, 0.5) is 0 Å². The molecule has 0 saturated carbocycles. The molecule has 0 spiro atoms. The van der Waals surface area contributed by atoms with Gasteiger partial charge in [0.2, 0.25) is 0 Å². The molecule has 2 aromatic carbocycles. The molecule has 0 aliphatic carbocycles. The van der Waals surface area contributed by atoms with Crippen molar-refractivity contribution in [2.75, 3.05) is 26.2 Å². The monoisotopic (exact) mass is 350 g/mol. The highest BCUT2D eigenvalue weighted by molar-refractivity contribution is 5.95. The van der Waals surface area contributed by atoms with Crippen molar-refractivity contribution in [1.82, 2.24) is 9.80 Å². The van der Waals surface area contributed by atoms with Crippen molar-refractivity contribution in [3.8, 4) is 0 Å². The van der Waals surface area contributed by atoms with Gasteiger partial charge in [-0.2, -0.15) is 0 Å². The predicted octanol–water partition coefficient (Wildman–Crippen LogP) is 3.60. The lowest BCUT2D eigenvalue weighted by molar-refractivity contribution is 0.0718. The molecule has 2 amide bonds. The summed E-state index contributed by atoms with van der Waals surface area (Å²) in [5.41, 5.74) is 4.90. The van der Waals surface area contributed by atoms with E-state index in [2.05, 4.69) is 0 Å². The van der Waals surface area contributed by atoms with Crippen molar-refractivity contribution >= 4 is 11.8 Å². The van der Waals surface area contributed by atoms with Crippen LogP contribution in [0, 0.1) is 20.8 Å². The number of amides is 2. The van der Waals surface area contributed by atoms with Crippen LogP contribution >= 0.6 is 0 Å². The van der Waals surface area contributed by atoms with Gasteiger partial charge in [0.25, 0.3) is 11.8 Å². The first kappa shape index (κ1) is 18.2. The average molecular weight is 350 g/mol. The summed E-state index contributed by atoms with van der Waals surface area (Å²) in [6.07, 6.45) is 0.800. The molecule has 0 N–H and O–H groups in total. The molecular formula is C22H26N2O2. The molecule has 2 aromatic rings. The smallest absolute Gasteiger partial charge is 0.253 e. The highest BCUT2D eigenvalue weighted by Crippen LogP contribution is 2.15. The van der Waals surface area contributed by atoms with Crippen LogP contribution in [-0.4, -0.2) is 47.8 Å². The second-order valence-corrected chi connectivity index (χ2v) is 7.10. The lowest BCUT2D eigenvalue weighted by atomic mass is 10.1. The van der Waals surface area contributed by atoms with Crippen LogP contribution in [0.15, 0.2) is 42.5 Å². The number of rotatable bonds is 2. The van der Waals surface area contributed by atoms with Crippen LogP contribution in [0.3, 0.4) is 0 Å². The Morgan fingerprint density at radius 1 is 0.692 bits per heavy atom. The zero-order chi connectivity index (χ0) is 18.7. The fraction of sp³-hybridized carbons (Fsp3) is 0.364. The Kier molecular flexibility index (Phi) is 5.40. The van der Waals surface area contributed by atoms with Gasteiger partial charge in [0.15, 0.2) is 0 Å². The largest absolute Gasteiger partial charge is 0.337 e. The van der Waals surface area contributed by atoms with Crippen molar-refractivity contribution in [1.29, 1.82) is 0 Å². The number of carbonyl (C=O) groups excluding carboxylic acids is 2. The minimum absolute atomic E-state index is 0.0467. The highest BCUT2D eigenvalue weighted by Gasteiger charge is 2.23. The quantitative estimate of drug-likeness (QED) is 0.830. The molecule has 0 aromatic heterocycles. The van der Waals surface area contributed by atoms with E-state index in [0.717, 1.165) is 23.1 Å². The molecule has 26 heavy (non-hydrogen) atoms. The van der Waals surface area contributed by atoms with Gasteiger partial charge in [-0.25, -0.2) is 0 Å². The fourth-order valence-corrected chi connectivity index (χ4v) is 3.26. The third-order valence-corrected chi connectivity index (χ3v) is 5.12. The Labute approximate surface area is 155 Å².